The Morgan fingerprint density at radius 1 is 0.342 bits per heavy atom. The highest BCUT2D eigenvalue weighted by atomic mass is 16.2. The Kier molecular flexibility index (Phi) is 31.3. The molecule has 0 bridgehead atoms. The van der Waals surface area contributed by atoms with Crippen LogP contribution in [0.2, 0.25) is 0 Å². The molecular formula is C34H68N2O2. The Morgan fingerprint density at radius 2 is 0.553 bits per heavy atom. The molecule has 0 rings (SSSR count). The highest BCUT2D eigenvalue weighted by Gasteiger charge is 2.03. The van der Waals surface area contributed by atoms with Crippen molar-refractivity contribution in [3.8, 4) is 0 Å². The van der Waals surface area contributed by atoms with Gasteiger partial charge in [0.25, 0.3) is 0 Å². The largest absolute Gasteiger partial charge is 0.354 e. The van der Waals surface area contributed by atoms with Crippen molar-refractivity contribution in [2.45, 2.75) is 194 Å². The van der Waals surface area contributed by atoms with Gasteiger partial charge in [-0.2, -0.15) is 0 Å². The molecule has 0 saturated heterocycles. The van der Waals surface area contributed by atoms with E-state index in [4.69, 9.17) is 0 Å². The highest BCUT2D eigenvalue weighted by molar-refractivity contribution is 5.77. The van der Waals surface area contributed by atoms with E-state index >= 15 is 0 Å². The molecule has 0 radical (unpaired) electrons. The van der Waals surface area contributed by atoms with Crippen molar-refractivity contribution < 1.29 is 9.59 Å². The third kappa shape index (κ3) is 31.2. The summed E-state index contributed by atoms with van der Waals surface area (Å²) in [6, 6.07) is 0. The first-order chi connectivity index (χ1) is 18.7. The van der Waals surface area contributed by atoms with E-state index in [1.165, 1.54) is 141 Å². The fourth-order valence-corrected chi connectivity index (χ4v) is 5.19. The second-order valence-corrected chi connectivity index (χ2v) is 11.7. The van der Waals surface area contributed by atoms with Gasteiger partial charge >= 0.3 is 0 Å². The van der Waals surface area contributed by atoms with E-state index in [1.54, 1.807) is 0 Å². The van der Waals surface area contributed by atoms with Gasteiger partial charge in [0.2, 0.25) is 11.8 Å². The number of unbranched alkanes of at least 4 members (excludes halogenated alkanes) is 24. The van der Waals surface area contributed by atoms with E-state index in [9.17, 15) is 9.59 Å². The second kappa shape index (κ2) is 32.2. The zero-order valence-electron chi connectivity index (χ0n) is 26.0. The lowest BCUT2D eigenvalue weighted by atomic mass is 10.0. The van der Waals surface area contributed by atoms with Gasteiger partial charge in [-0.1, -0.05) is 168 Å². The summed E-state index contributed by atoms with van der Waals surface area (Å²) in [5, 5.41) is 5.89. The third-order valence-electron chi connectivity index (χ3n) is 7.78. The summed E-state index contributed by atoms with van der Waals surface area (Å²) in [5.41, 5.74) is 0. The van der Waals surface area contributed by atoms with Gasteiger partial charge in [-0.05, 0) is 12.8 Å². The molecule has 2 amide bonds. The molecule has 0 saturated carbocycles. The first-order valence-corrected chi connectivity index (χ1v) is 17.2. The summed E-state index contributed by atoms with van der Waals surface area (Å²) in [7, 11) is 0. The van der Waals surface area contributed by atoms with Crippen molar-refractivity contribution in [3.63, 3.8) is 0 Å². The Hall–Kier alpha value is -1.06. The molecule has 0 unspecified atom stereocenters. The molecule has 0 aromatic carbocycles. The number of hydrogen-bond acceptors (Lipinski definition) is 2. The van der Waals surface area contributed by atoms with Gasteiger partial charge in [0, 0.05) is 25.9 Å². The minimum Gasteiger partial charge on any atom is -0.354 e. The van der Waals surface area contributed by atoms with E-state index in [-0.39, 0.29) is 11.8 Å². The van der Waals surface area contributed by atoms with E-state index in [1.807, 2.05) is 0 Å². The average Bonchev–Trinajstić information content (AvgIpc) is 2.92. The van der Waals surface area contributed by atoms with Crippen LogP contribution in [0.25, 0.3) is 0 Å². The fraction of sp³-hybridized carbons (Fsp3) is 0.941. The molecular weight excluding hydrogens is 468 g/mol. The Morgan fingerprint density at radius 3 is 0.789 bits per heavy atom. The van der Waals surface area contributed by atoms with Crippen molar-refractivity contribution in [1.29, 1.82) is 0 Å². The molecule has 0 fully saturated rings. The molecule has 2 N–H and O–H groups in total. The highest BCUT2D eigenvalue weighted by Crippen LogP contribution is 2.14. The summed E-state index contributed by atoms with van der Waals surface area (Å²) in [4.78, 5) is 23.9. The minimum atomic E-state index is 0.124. The summed E-state index contributed by atoms with van der Waals surface area (Å²) >= 11 is 0. The molecule has 0 aliphatic rings. The smallest absolute Gasteiger partial charge is 0.220 e. The van der Waals surface area contributed by atoms with Crippen LogP contribution in [0.5, 0.6) is 0 Å². The number of amides is 2. The van der Waals surface area contributed by atoms with E-state index in [0.717, 1.165) is 25.7 Å². The maximum atomic E-state index is 12.0. The van der Waals surface area contributed by atoms with E-state index < -0.39 is 0 Å². The number of carbonyl (C=O) groups is 2. The first kappa shape index (κ1) is 36.9. The molecule has 4 nitrogen and oxygen atoms in total. The Balaban J connectivity index is 3.27. The summed E-state index contributed by atoms with van der Waals surface area (Å²) in [5.74, 6) is 0.248. The van der Waals surface area contributed by atoms with E-state index in [2.05, 4.69) is 24.5 Å². The molecule has 0 spiro atoms. The second-order valence-electron chi connectivity index (χ2n) is 11.7. The van der Waals surface area contributed by atoms with Crippen LogP contribution in [0, 0.1) is 0 Å². The average molecular weight is 537 g/mol. The molecule has 4 heteroatoms. The number of rotatable bonds is 31. The summed E-state index contributed by atoms with van der Waals surface area (Å²) in [6.45, 7) is 5.63. The molecule has 226 valence electrons. The molecule has 0 aromatic rings. The zero-order valence-corrected chi connectivity index (χ0v) is 26.0. The maximum Gasteiger partial charge on any atom is 0.220 e. The SMILES string of the molecule is CCCCCCCCCCCCCCCC(=O)NCCNC(=O)CCCCCCCCCCCCCCC. The lowest BCUT2D eigenvalue weighted by molar-refractivity contribution is -0.123. The van der Waals surface area contributed by atoms with Gasteiger partial charge in [-0.25, -0.2) is 0 Å². The standard InChI is InChI=1S/C34H68N2O2/c1-3-5-7-9-11-13-15-17-19-21-23-25-27-29-33(37)35-31-32-36-34(38)30-28-26-24-22-20-18-16-14-12-10-8-6-4-2/h3-32H2,1-2H3,(H,35,37)(H,36,38). The molecule has 0 atom stereocenters. The Bertz CT molecular complexity index is 451. The summed E-state index contributed by atoms with van der Waals surface area (Å²) in [6.07, 6.45) is 35.6. The molecule has 0 aliphatic heterocycles. The summed E-state index contributed by atoms with van der Waals surface area (Å²) < 4.78 is 0. The first-order valence-electron chi connectivity index (χ1n) is 17.2. The number of carbonyl (C=O) groups excluding carboxylic acids is 2. The lowest BCUT2D eigenvalue weighted by Gasteiger charge is -2.07. The van der Waals surface area contributed by atoms with Crippen LogP contribution in [0.15, 0.2) is 0 Å². The monoisotopic (exact) mass is 537 g/mol. The van der Waals surface area contributed by atoms with Crippen LogP contribution < -0.4 is 10.6 Å². The van der Waals surface area contributed by atoms with Gasteiger partial charge in [0.1, 0.15) is 0 Å². The quantitative estimate of drug-likeness (QED) is 0.0866. The normalized spacial score (nSPS) is 11.1. The van der Waals surface area contributed by atoms with Gasteiger partial charge in [-0.3, -0.25) is 9.59 Å². The number of nitrogens with one attached hydrogen (secondary N) is 2. The van der Waals surface area contributed by atoms with Crippen molar-refractivity contribution in [2.75, 3.05) is 13.1 Å². The molecule has 0 heterocycles. The lowest BCUT2D eigenvalue weighted by Crippen LogP contribution is -2.34. The van der Waals surface area contributed by atoms with Crippen LogP contribution in [0.1, 0.15) is 194 Å². The van der Waals surface area contributed by atoms with Crippen molar-refractivity contribution in [3.05, 3.63) is 0 Å². The zero-order chi connectivity index (χ0) is 27.8. The van der Waals surface area contributed by atoms with Crippen LogP contribution in [-0.2, 0) is 9.59 Å². The van der Waals surface area contributed by atoms with Crippen molar-refractivity contribution >= 4 is 11.8 Å². The van der Waals surface area contributed by atoms with Crippen LogP contribution in [0.4, 0.5) is 0 Å². The van der Waals surface area contributed by atoms with E-state index in [0.29, 0.717) is 25.9 Å². The number of hydrogen-bond donors (Lipinski definition) is 2. The van der Waals surface area contributed by atoms with Crippen LogP contribution >= 0.6 is 0 Å². The maximum absolute atomic E-state index is 12.0. The third-order valence-corrected chi connectivity index (χ3v) is 7.78. The van der Waals surface area contributed by atoms with Gasteiger partial charge < -0.3 is 10.6 Å². The van der Waals surface area contributed by atoms with Gasteiger partial charge in [-0.15, -0.1) is 0 Å². The topological polar surface area (TPSA) is 58.2 Å². The van der Waals surface area contributed by atoms with Crippen molar-refractivity contribution in [1.82, 2.24) is 10.6 Å². The molecule has 38 heavy (non-hydrogen) atoms. The fourth-order valence-electron chi connectivity index (χ4n) is 5.19. The van der Waals surface area contributed by atoms with Crippen LogP contribution in [0.3, 0.4) is 0 Å². The Labute approximate surface area is 238 Å². The predicted molar refractivity (Wildman–Crippen MR) is 167 cm³/mol. The molecule has 0 aromatic heterocycles. The predicted octanol–water partition coefficient (Wildman–Crippen LogP) is 10.2. The van der Waals surface area contributed by atoms with Crippen molar-refractivity contribution in [2.24, 2.45) is 0 Å². The van der Waals surface area contributed by atoms with Gasteiger partial charge in [0.05, 0.1) is 0 Å². The van der Waals surface area contributed by atoms with Gasteiger partial charge in [0.15, 0.2) is 0 Å². The minimum absolute atomic E-state index is 0.124. The molecule has 0 aliphatic carbocycles. The van der Waals surface area contributed by atoms with Crippen LogP contribution in [-0.4, -0.2) is 24.9 Å².